The van der Waals surface area contributed by atoms with E-state index in [0.717, 1.165) is 42.9 Å². The first-order chi connectivity index (χ1) is 10.0. The van der Waals surface area contributed by atoms with Gasteiger partial charge in [0.05, 0.1) is 6.54 Å². The first-order valence-electron chi connectivity index (χ1n) is 8.07. The predicted octanol–water partition coefficient (Wildman–Crippen LogP) is 2.82. The van der Waals surface area contributed by atoms with E-state index in [4.69, 9.17) is 0 Å². The second-order valence-electron chi connectivity index (χ2n) is 6.31. The van der Waals surface area contributed by atoms with E-state index in [1.165, 1.54) is 18.5 Å². The summed E-state index contributed by atoms with van der Waals surface area (Å²) in [5, 5.41) is 0. The van der Waals surface area contributed by atoms with Gasteiger partial charge in [-0.25, -0.2) is 0 Å². The lowest BCUT2D eigenvalue weighted by atomic mass is 9.96. The molecule has 0 saturated carbocycles. The Hall–Kier alpha value is -1.19. The standard InChI is InChI=1S/C18H28N2O/c1-5-6-19-7-9-20(10-8-19)13-17(21)18-15(3)11-14(2)12-16(18)4/h11-12H,5-10,13H2,1-4H3. The summed E-state index contributed by atoms with van der Waals surface area (Å²) in [6.45, 7) is 14.3. The number of benzene rings is 1. The molecule has 0 N–H and O–H groups in total. The van der Waals surface area contributed by atoms with E-state index in [1.807, 2.05) is 13.8 Å². The zero-order chi connectivity index (χ0) is 15.4. The van der Waals surface area contributed by atoms with Crippen LogP contribution in [0.4, 0.5) is 0 Å². The summed E-state index contributed by atoms with van der Waals surface area (Å²) in [7, 11) is 0. The molecule has 0 unspecified atom stereocenters. The molecule has 21 heavy (non-hydrogen) atoms. The molecule has 0 radical (unpaired) electrons. The number of ketones is 1. The van der Waals surface area contributed by atoms with Crippen LogP contribution in [0.15, 0.2) is 12.1 Å². The van der Waals surface area contributed by atoms with Crippen molar-refractivity contribution in [2.24, 2.45) is 0 Å². The van der Waals surface area contributed by atoms with Gasteiger partial charge in [0.15, 0.2) is 5.78 Å². The van der Waals surface area contributed by atoms with Crippen molar-refractivity contribution in [3.63, 3.8) is 0 Å². The third-order valence-electron chi connectivity index (χ3n) is 4.33. The third-order valence-corrected chi connectivity index (χ3v) is 4.33. The molecule has 0 atom stereocenters. The van der Waals surface area contributed by atoms with Crippen LogP contribution in [0.5, 0.6) is 0 Å². The second-order valence-corrected chi connectivity index (χ2v) is 6.31. The average molecular weight is 288 g/mol. The van der Waals surface area contributed by atoms with Gasteiger partial charge in [-0.1, -0.05) is 24.6 Å². The zero-order valence-corrected chi connectivity index (χ0v) is 13.9. The van der Waals surface area contributed by atoms with Gasteiger partial charge in [-0.2, -0.15) is 0 Å². The molecule has 3 nitrogen and oxygen atoms in total. The van der Waals surface area contributed by atoms with Crippen molar-refractivity contribution in [3.8, 4) is 0 Å². The van der Waals surface area contributed by atoms with E-state index >= 15 is 0 Å². The number of hydrogen-bond acceptors (Lipinski definition) is 3. The fourth-order valence-electron chi connectivity index (χ4n) is 3.39. The van der Waals surface area contributed by atoms with Crippen LogP contribution in [0.1, 0.15) is 40.4 Å². The van der Waals surface area contributed by atoms with Gasteiger partial charge in [0, 0.05) is 31.7 Å². The van der Waals surface area contributed by atoms with Gasteiger partial charge in [0.1, 0.15) is 0 Å². The quantitative estimate of drug-likeness (QED) is 0.778. The number of nitrogens with zero attached hydrogens (tertiary/aromatic N) is 2. The Morgan fingerprint density at radius 1 is 1.00 bits per heavy atom. The molecular weight excluding hydrogens is 260 g/mol. The molecule has 0 bridgehead atoms. The van der Waals surface area contributed by atoms with Gasteiger partial charge < -0.3 is 4.90 Å². The van der Waals surface area contributed by atoms with Gasteiger partial charge >= 0.3 is 0 Å². The summed E-state index contributed by atoms with van der Waals surface area (Å²) < 4.78 is 0. The Kier molecular flexibility index (Phi) is 5.54. The largest absolute Gasteiger partial charge is 0.301 e. The highest BCUT2D eigenvalue weighted by Gasteiger charge is 2.20. The molecule has 1 aliphatic rings. The smallest absolute Gasteiger partial charge is 0.177 e. The number of piperazine rings is 1. The molecule has 1 aromatic carbocycles. The maximum Gasteiger partial charge on any atom is 0.177 e. The van der Waals surface area contributed by atoms with Crippen LogP contribution in [0.3, 0.4) is 0 Å². The van der Waals surface area contributed by atoms with Crippen molar-refractivity contribution in [1.29, 1.82) is 0 Å². The van der Waals surface area contributed by atoms with Crippen LogP contribution < -0.4 is 0 Å². The first-order valence-corrected chi connectivity index (χ1v) is 8.07. The molecular formula is C18H28N2O. The highest BCUT2D eigenvalue weighted by atomic mass is 16.1. The Bertz CT molecular complexity index is 479. The summed E-state index contributed by atoms with van der Waals surface area (Å²) >= 11 is 0. The van der Waals surface area contributed by atoms with Crippen LogP contribution in [0.25, 0.3) is 0 Å². The van der Waals surface area contributed by atoms with Gasteiger partial charge in [0.25, 0.3) is 0 Å². The molecule has 0 amide bonds. The van der Waals surface area contributed by atoms with Crippen molar-refractivity contribution in [2.45, 2.75) is 34.1 Å². The maximum absolute atomic E-state index is 12.6. The minimum atomic E-state index is 0.272. The van der Waals surface area contributed by atoms with E-state index in [1.54, 1.807) is 0 Å². The fourth-order valence-corrected chi connectivity index (χ4v) is 3.39. The Balaban J connectivity index is 1.97. The summed E-state index contributed by atoms with van der Waals surface area (Å²) in [5.41, 5.74) is 4.38. The van der Waals surface area contributed by atoms with Crippen molar-refractivity contribution in [3.05, 3.63) is 34.4 Å². The molecule has 1 aliphatic heterocycles. The van der Waals surface area contributed by atoms with Crippen LogP contribution in [0, 0.1) is 20.8 Å². The van der Waals surface area contributed by atoms with Crippen molar-refractivity contribution >= 4 is 5.78 Å². The van der Waals surface area contributed by atoms with E-state index in [9.17, 15) is 4.79 Å². The lowest BCUT2D eigenvalue weighted by Gasteiger charge is -2.34. The van der Waals surface area contributed by atoms with Crippen LogP contribution in [0.2, 0.25) is 0 Å². The van der Waals surface area contributed by atoms with E-state index in [-0.39, 0.29) is 5.78 Å². The van der Waals surface area contributed by atoms with Gasteiger partial charge in [-0.15, -0.1) is 0 Å². The number of carbonyl (C=O) groups is 1. The summed E-state index contributed by atoms with van der Waals surface area (Å²) in [6.07, 6.45) is 1.21. The number of hydrogen-bond donors (Lipinski definition) is 0. The Morgan fingerprint density at radius 2 is 1.52 bits per heavy atom. The number of rotatable bonds is 5. The minimum Gasteiger partial charge on any atom is -0.301 e. The van der Waals surface area contributed by atoms with Crippen molar-refractivity contribution in [2.75, 3.05) is 39.3 Å². The van der Waals surface area contributed by atoms with Crippen LogP contribution in [-0.2, 0) is 0 Å². The average Bonchev–Trinajstić information content (AvgIpc) is 2.40. The SMILES string of the molecule is CCCN1CCN(CC(=O)c2c(C)cc(C)cc2C)CC1. The summed E-state index contributed by atoms with van der Waals surface area (Å²) in [4.78, 5) is 17.4. The fraction of sp³-hybridized carbons (Fsp3) is 0.611. The molecule has 1 heterocycles. The lowest BCUT2D eigenvalue weighted by Crippen LogP contribution is -2.48. The van der Waals surface area contributed by atoms with Crippen molar-refractivity contribution < 1.29 is 4.79 Å². The predicted molar refractivity (Wildman–Crippen MR) is 88.2 cm³/mol. The number of carbonyl (C=O) groups excluding carboxylic acids is 1. The van der Waals surface area contributed by atoms with E-state index < -0.39 is 0 Å². The minimum absolute atomic E-state index is 0.272. The van der Waals surface area contributed by atoms with Gasteiger partial charge in [-0.05, 0) is 44.9 Å². The topological polar surface area (TPSA) is 23.6 Å². The molecule has 1 aromatic rings. The summed E-state index contributed by atoms with van der Waals surface area (Å²) in [6, 6.07) is 4.22. The van der Waals surface area contributed by atoms with Gasteiger partial charge in [0.2, 0.25) is 0 Å². The Labute approximate surface area is 128 Å². The third kappa shape index (κ3) is 4.14. The lowest BCUT2D eigenvalue weighted by molar-refractivity contribution is 0.0852. The molecule has 0 spiro atoms. The highest BCUT2D eigenvalue weighted by molar-refractivity contribution is 6.00. The monoisotopic (exact) mass is 288 g/mol. The number of aryl methyl sites for hydroxylation is 3. The van der Waals surface area contributed by atoms with E-state index in [2.05, 4.69) is 35.8 Å². The number of Topliss-reactive ketones (excluding diaryl/α,β-unsaturated/α-hetero) is 1. The summed E-state index contributed by atoms with van der Waals surface area (Å²) in [5.74, 6) is 0.272. The molecule has 0 aliphatic carbocycles. The first kappa shape index (κ1) is 16.2. The Morgan fingerprint density at radius 3 is 2.05 bits per heavy atom. The maximum atomic E-state index is 12.6. The molecule has 116 valence electrons. The van der Waals surface area contributed by atoms with Gasteiger partial charge in [-0.3, -0.25) is 9.69 Å². The van der Waals surface area contributed by atoms with Crippen LogP contribution >= 0.6 is 0 Å². The molecule has 0 aromatic heterocycles. The van der Waals surface area contributed by atoms with Crippen molar-refractivity contribution in [1.82, 2.24) is 9.80 Å². The molecule has 1 saturated heterocycles. The molecule has 3 heteroatoms. The highest BCUT2D eigenvalue weighted by Crippen LogP contribution is 2.17. The normalized spacial score (nSPS) is 17.1. The molecule has 2 rings (SSSR count). The van der Waals surface area contributed by atoms with E-state index in [0.29, 0.717) is 6.54 Å². The zero-order valence-electron chi connectivity index (χ0n) is 13.9. The van der Waals surface area contributed by atoms with Crippen LogP contribution in [-0.4, -0.2) is 54.9 Å². The second kappa shape index (κ2) is 7.19. The molecule has 1 fully saturated rings.